The highest BCUT2D eigenvalue weighted by Gasteiger charge is 2.18. The Morgan fingerprint density at radius 3 is 2.03 bits per heavy atom. The lowest BCUT2D eigenvalue weighted by atomic mass is 9.88. The Balaban J connectivity index is 1.44. The summed E-state index contributed by atoms with van der Waals surface area (Å²) in [5, 5.41) is 3.05. The molecule has 1 N–H and O–H groups in total. The van der Waals surface area contributed by atoms with Crippen LogP contribution in [-0.2, 0) is 11.3 Å². The molecule has 0 aliphatic heterocycles. The minimum absolute atomic E-state index is 0.00547. The van der Waals surface area contributed by atoms with Gasteiger partial charge in [-0.25, -0.2) is 4.98 Å². The van der Waals surface area contributed by atoms with E-state index in [1.165, 1.54) is 5.56 Å². The van der Waals surface area contributed by atoms with E-state index in [-0.39, 0.29) is 11.8 Å². The van der Waals surface area contributed by atoms with Crippen molar-refractivity contribution in [2.24, 2.45) is 0 Å². The maximum atomic E-state index is 12.8. The molecule has 0 unspecified atom stereocenters. The first-order chi connectivity index (χ1) is 14.7. The van der Waals surface area contributed by atoms with Crippen molar-refractivity contribution in [1.82, 2.24) is 9.55 Å². The Hall–Kier alpha value is -3.66. The third-order valence-electron chi connectivity index (χ3n) is 5.31. The molecule has 1 amide bonds. The summed E-state index contributed by atoms with van der Waals surface area (Å²) >= 11 is 0. The van der Waals surface area contributed by atoms with Crippen molar-refractivity contribution in [1.29, 1.82) is 0 Å². The van der Waals surface area contributed by atoms with Crippen LogP contribution in [0.4, 0.5) is 5.69 Å². The van der Waals surface area contributed by atoms with E-state index in [1.54, 1.807) is 6.20 Å². The maximum absolute atomic E-state index is 12.8. The molecule has 0 saturated heterocycles. The van der Waals surface area contributed by atoms with Gasteiger partial charge in [0.2, 0.25) is 5.91 Å². The minimum Gasteiger partial charge on any atom is -0.331 e. The fourth-order valence-corrected chi connectivity index (χ4v) is 3.66. The van der Waals surface area contributed by atoms with Gasteiger partial charge in [0, 0.05) is 37.0 Å². The van der Waals surface area contributed by atoms with E-state index in [4.69, 9.17) is 0 Å². The average molecular weight is 396 g/mol. The molecule has 4 nitrogen and oxygen atoms in total. The molecule has 0 atom stereocenters. The second-order valence-corrected chi connectivity index (χ2v) is 7.43. The lowest BCUT2D eigenvalue weighted by Crippen LogP contribution is -2.16. The number of hydrogen-bond acceptors (Lipinski definition) is 2. The van der Waals surface area contributed by atoms with Crippen LogP contribution in [0.2, 0.25) is 0 Å². The van der Waals surface area contributed by atoms with Crippen molar-refractivity contribution >= 4 is 11.6 Å². The molecule has 150 valence electrons. The third kappa shape index (κ3) is 4.84. The SMILES string of the molecule is Cc1nccn1Cc1ccc(NC(=O)CC(c2ccccc2)c2ccccc2)cc1. The Labute approximate surface area is 177 Å². The lowest BCUT2D eigenvalue weighted by Gasteiger charge is -2.18. The molecule has 0 aliphatic carbocycles. The van der Waals surface area contributed by atoms with E-state index in [9.17, 15) is 4.79 Å². The van der Waals surface area contributed by atoms with Gasteiger partial charge in [-0.1, -0.05) is 72.8 Å². The number of imidazole rings is 1. The molecular formula is C26H25N3O. The van der Waals surface area contributed by atoms with Crippen LogP contribution < -0.4 is 5.32 Å². The zero-order valence-corrected chi connectivity index (χ0v) is 17.0. The second-order valence-electron chi connectivity index (χ2n) is 7.43. The molecule has 0 aliphatic rings. The molecule has 0 radical (unpaired) electrons. The molecule has 4 aromatic rings. The topological polar surface area (TPSA) is 46.9 Å². The molecule has 3 aromatic carbocycles. The van der Waals surface area contributed by atoms with Crippen LogP contribution in [0.25, 0.3) is 0 Å². The number of anilines is 1. The first-order valence-corrected chi connectivity index (χ1v) is 10.2. The largest absolute Gasteiger partial charge is 0.331 e. The Morgan fingerprint density at radius 1 is 0.900 bits per heavy atom. The monoisotopic (exact) mass is 395 g/mol. The van der Waals surface area contributed by atoms with Gasteiger partial charge < -0.3 is 9.88 Å². The van der Waals surface area contributed by atoms with Gasteiger partial charge in [0.05, 0.1) is 0 Å². The average Bonchev–Trinajstić information content (AvgIpc) is 3.19. The molecular weight excluding hydrogens is 370 g/mol. The summed E-state index contributed by atoms with van der Waals surface area (Å²) in [5.74, 6) is 1.02. The molecule has 1 heterocycles. The van der Waals surface area contributed by atoms with Crippen LogP contribution >= 0.6 is 0 Å². The third-order valence-corrected chi connectivity index (χ3v) is 5.31. The first-order valence-electron chi connectivity index (χ1n) is 10.2. The fourth-order valence-electron chi connectivity index (χ4n) is 3.66. The van der Waals surface area contributed by atoms with E-state index in [0.717, 1.165) is 29.2 Å². The van der Waals surface area contributed by atoms with Gasteiger partial charge in [-0.2, -0.15) is 0 Å². The van der Waals surface area contributed by atoms with Crippen LogP contribution in [0.5, 0.6) is 0 Å². The summed E-state index contributed by atoms with van der Waals surface area (Å²) in [5.41, 5.74) is 4.27. The Bertz CT molecular complexity index is 1050. The number of rotatable bonds is 7. The number of aryl methyl sites for hydroxylation is 1. The minimum atomic E-state index is 0.00547. The van der Waals surface area contributed by atoms with E-state index < -0.39 is 0 Å². The van der Waals surface area contributed by atoms with Gasteiger partial charge >= 0.3 is 0 Å². The zero-order valence-electron chi connectivity index (χ0n) is 17.0. The second kappa shape index (κ2) is 9.23. The Kier molecular flexibility index (Phi) is 6.04. The van der Waals surface area contributed by atoms with Crippen LogP contribution in [0.1, 0.15) is 34.9 Å². The summed E-state index contributed by atoms with van der Waals surface area (Å²) in [6, 6.07) is 28.4. The van der Waals surface area contributed by atoms with Crippen molar-refractivity contribution < 1.29 is 4.79 Å². The first kappa shape index (κ1) is 19.6. The molecule has 4 rings (SSSR count). The van der Waals surface area contributed by atoms with Crippen LogP contribution in [0.3, 0.4) is 0 Å². The molecule has 0 saturated carbocycles. The van der Waals surface area contributed by atoms with Crippen molar-refractivity contribution in [3.63, 3.8) is 0 Å². The molecule has 0 spiro atoms. The lowest BCUT2D eigenvalue weighted by molar-refractivity contribution is -0.116. The van der Waals surface area contributed by atoms with E-state index in [2.05, 4.69) is 39.1 Å². The molecule has 1 aromatic heterocycles. The van der Waals surface area contributed by atoms with Gasteiger partial charge in [0.25, 0.3) is 0 Å². The number of carbonyl (C=O) groups excluding carboxylic acids is 1. The number of nitrogens with one attached hydrogen (secondary N) is 1. The highest BCUT2D eigenvalue weighted by molar-refractivity contribution is 5.91. The number of carbonyl (C=O) groups is 1. The number of amides is 1. The molecule has 30 heavy (non-hydrogen) atoms. The van der Waals surface area contributed by atoms with E-state index in [1.807, 2.05) is 73.8 Å². The van der Waals surface area contributed by atoms with E-state index >= 15 is 0 Å². The van der Waals surface area contributed by atoms with Crippen molar-refractivity contribution in [2.45, 2.75) is 25.8 Å². The van der Waals surface area contributed by atoms with E-state index in [0.29, 0.717) is 6.42 Å². The smallest absolute Gasteiger partial charge is 0.225 e. The van der Waals surface area contributed by atoms with Gasteiger partial charge in [-0.3, -0.25) is 4.79 Å². The summed E-state index contributed by atoms with van der Waals surface area (Å²) < 4.78 is 2.10. The van der Waals surface area contributed by atoms with Crippen LogP contribution in [0.15, 0.2) is 97.3 Å². The van der Waals surface area contributed by atoms with Gasteiger partial charge in [-0.15, -0.1) is 0 Å². The number of aromatic nitrogens is 2. The maximum Gasteiger partial charge on any atom is 0.225 e. The summed E-state index contributed by atoms with van der Waals surface area (Å²) in [4.78, 5) is 17.1. The van der Waals surface area contributed by atoms with Crippen molar-refractivity contribution in [3.05, 3.63) is 120 Å². The highest BCUT2D eigenvalue weighted by atomic mass is 16.1. The van der Waals surface area contributed by atoms with Crippen LogP contribution in [-0.4, -0.2) is 15.5 Å². The van der Waals surface area contributed by atoms with Crippen molar-refractivity contribution in [3.8, 4) is 0 Å². The highest BCUT2D eigenvalue weighted by Crippen LogP contribution is 2.28. The summed E-state index contributed by atoms with van der Waals surface area (Å²) in [7, 11) is 0. The number of hydrogen-bond donors (Lipinski definition) is 1. The molecule has 4 heteroatoms. The number of nitrogens with zero attached hydrogens (tertiary/aromatic N) is 2. The number of benzene rings is 3. The van der Waals surface area contributed by atoms with Crippen molar-refractivity contribution in [2.75, 3.05) is 5.32 Å². The standard InChI is InChI=1S/C26H25N3O/c1-20-27-16-17-29(20)19-21-12-14-24(15-13-21)28-26(30)18-25(22-8-4-2-5-9-22)23-10-6-3-7-11-23/h2-17,25H,18-19H2,1H3,(H,28,30). The predicted molar refractivity (Wildman–Crippen MR) is 120 cm³/mol. The quantitative estimate of drug-likeness (QED) is 0.455. The summed E-state index contributed by atoms with van der Waals surface area (Å²) in [6.45, 7) is 2.76. The normalized spacial score (nSPS) is 10.9. The Morgan fingerprint density at radius 2 is 1.50 bits per heavy atom. The van der Waals surface area contributed by atoms with Gasteiger partial charge in [0.1, 0.15) is 5.82 Å². The van der Waals surface area contributed by atoms with Gasteiger partial charge in [-0.05, 0) is 35.7 Å². The molecule has 0 bridgehead atoms. The zero-order chi connectivity index (χ0) is 20.8. The summed E-state index contributed by atoms with van der Waals surface area (Å²) in [6.07, 6.45) is 4.17. The van der Waals surface area contributed by atoms with Crippen LogP contribution in [0, 0.1) is 6.92 Å². The fraction of sp³-hybridized carbons (Fsp3) is 0.154. The molecule has 0 fully saturated rings. The predicted octanol–water partition coefficient (Wildman–Crippen LogP) is 5.40. The van der Waals surface area contributed by atoms with Gasteiger partial charge in [0.15, 0.2) is 0 Å².